The fourth-order valence-corrected chi connectivity index (χ4v) is 4.37. The lowest BCUT2D eigenvalue weighted by Gasteiger charge is -2.56. The molecule has 0 spiro atoms. The summed E-state index contributed by atoms with van der Waals surface area (Å²) in [6.45, 7) is 2.08. The van der Waals surface area contributed by atoms with Gasteiger partial charge in [-0.2, -0.15) is 11.8 Å². The maximum Gasteiger partial charge on any atom is 0.229 e. The van der Waals surface area contributed by atoms with Crippen LogP contribution in [0.4, 0.5) is 0 Å². The van der Waals surface area contributed by atoms with E-state index in [4.69, 9.17) is 9.47 Å². The van der Waals surface area contributed by atoms with E-state index in [2.05, 4.69) is 6.92 Å². The highest BCUT2D eigenvalue weighted by Gasteiger charge is 2.66. The summed E-state index contributed by atoms with van der Waals surface area (Å²) in [7, 11) is 2.92. The minimum absolute atomic E-state index is 0.124. The molecule has 3 aliphatic carbocycles. The summed E-state index contributed by atoms with van der Waals surface area (Å²) in [5.74, 6) is -2.82. The number of hydrogen-bond acceptors (Lipinski definition) is 5. The van der Waals surface area contributed by atoms with Crippen molar-refractivity contribution in [1.29, 1.82) is 0 Å². The van der Waals surface area contributed by atoms with Gasteiger partial charge in [0.25, 0.3) is 0 Å². The van der Waals surface area contributed by atoms with Crippen LogP contribution in [0.5, 0.6) is 0 Å². The Hall–Kier alpha value is -0.0700. The van der Waals surface area contributed by atoms with Gasteiger partial charge in [0.1, 0.15) is 0 Å². The van der Waals surface area contributed by atoms with Gasteiger partial charge in [-0.3, -0.25) is 0 Å². The molecule has 3 aliphatic rings. The van der Waals surface area contributed by atoms with E-state index in [1.807, 2.05) is 12.2 Å². The van der Waals surface area contributed by atoms with Crippen molar-refractivity contribution in [3.8, 4) is 0 Å². The van der Waals surface area contributed by atoms with E-state index in [0.29, 0.717) is 0 Å². The molecule has 1 saturated carbocycles. The summed E-state index contributed by atoms with van der Waals surface area (Å²) in [5.41, 5.74) is 0. The summed E-state index contributed by atoms with van der Waals surface area (Å²) in [5, 5.41) is 21.0. The molecule has 3 atom stereocenters. The lowest BCUT2D eigenvalue weighted by atomic mass is 9.67. The van der Waals surface area contributed by atoms with E-state index in [9.17, 15) is 10.2 Å². The number of ether oxygens (including phenoxy) is 2. The molecule has 3 rings (SSSR count). The van der Waals surface area contributed by atoms with Gasteiger partial charge in [0.2, 0.25) is 11.6 Å². The fourth-order valence-electron chi connectivity index (χ4n) is 3.11. The van der Waals surface area contributed by atoms with Crippen molar-refractivity contribution in [3.63, 3.8) is 0 Å². The minimum Gasteiger partial charge on any atom is -0.361 e. The summed E-state index contributed by atoms with van der Waals surface area (Å²) in [4.78, 5) is 0. The number of thioether (sulfide) groups is 1. The maximum absolute atomic E-state index is 10.4. The number of fused-ring (bicyclic) bond motifs is 2. The summed E-state index contributed by atoms with van der Waals surface area (Å²) < 4.78 is 10.6. The van der Waals surface area contributed by atoms with E-state index in [-0.39, 0.29) is 17.1 Å². The largest absolute Gasteiger partial charge is 0.361 e. The van der Waals surface area contributed by atoms with Gasteiger partial charge in [0.15, 0.2) is 0 Å². The third kappa shape index (κ3) is 1.68. The molecule has 17 heavy (non-hydrogen) atoms. The van der Waals surface area contributed by atoms with E-state index < -0.39 is 11.6 Å². The predicted molar refractivity (Wildman–Crippen MR) is 66.6 cm³/mol. The molecule has 4 nitrogen and oxygen atoms in total. The first-order chi connectivity index (χ1) is 8.03. The van der Waals surface area contributed by atoms with Crippen LogP contribution >= 0.6 is 11.8 Å². The Balaban J connectivity index is 2.36. The molecule has 0 amide bonds. The molecule has 0 radical (unpaired) electrons. The lowest BCUT2D eigenvalue weighted by molar-refractivity contribution is -0.413. The van der Waals surface area contributed by atoms with Crippen molar-refractivity contribution in [2.75, 3.05) is 20.0 Å². The van der Waals surface area contributed by atoms with Gasteiger partial charge in [-0.05, 0) is 12.2 Å². The van der Waals surface area contributed by atoms with Gasteiger partial charge >= 0.3 is 0 Å². The Bertz CT molecular complexity index is 312. The number of methoxy groups -OCH3 is 2. The van der Waals surface area contributed by atoms with Crippen LogP contribution in [0.2, 0.25) is 0 Å². The van der Waals surface area contributed by atoms with E-state index in [1.165, 1.54) is 14.2 Å². The molecule has 0 aliphatic heterocycles. The number of rotatable bonds is 4. The Morgan fingerprint density at radius 3 is 2.41 bits per heavy atom. The zero-order valence-electron chi connectivity index (χ0n) is 10.4. The molecule has 2 bridgehead atoms. The van der Waals surface area contributed by atoms with E-state index in [1.54, 1.807) is 11.8 Å². The van der Waals surface area contributed by atoms with Gasteiger partial charge in [-0.15, -0.1) is 0 Å². The minimum atomic E-state index is -1.97. The molecule has 0 aromatic rings. The summed E-state index contributed by atoms with van der Waals surface area (Å²) >= 11 is 1.76. The molecule has 0 aromatic heterocycles. The highest BCUT2D eigenvalue weighted by molar-refractivity contribution is 7.99. The quantitative estimate of drug-likeness (QED) is 0.583. The molecular weight excluding hydrogens is 240 g/mol. The second kappa shape index (κ2) is 4.55. The normalized spacial score (nSPS) is 37.4. The lowest BCUT2D eigenvalue weighted by Crippen LogP contribution is -2.71. The van der Waals surface area contributed by atoms with Crippen molar-refractivity contribution in [3.05, 3.63) is 12.2 Å². The molecule has 3 unspecified atom stereocenters. The predicted octanol–water partition coefficient (Wildman–Crippen LogP) is 0.984. The van der Waals surface area contributed by atoms with Crippen LogP contribution in [0.3, 0.4) is 0 Å². The van der Waals surface area contributed by atoms with Crippen molar-refractivity contribution in [2.45, 2.75) is 30.2 Å². The average molecular weight is 260 g/mol. The van der Waals surface area contributed by atoms with Crippen molar-refractivity contribution < 1.29 is 19.7 Å². The van der Waals surface area contributed by atoms with Gasteiger partial charge < -0.3 is 19.7 Å². The summed E-state index contributed by atoms with van der Waals surface area (Å²) in [6, 6.07) is 0. The second-order valence-electron chi connectivity index (χ2n) is 4.55. The molecular formula is C12H20O4S. The topological polar surface area (TPSA) is 58.9 Å². The van der Waals surface area contributed by atoms with Crippen molar-refractivity contribution in [2.24, 2.45) is 11.8 Å². The molecule has 1 fully saturated rings. The van der Waals surface area contributed by atoms with Crippen LogP contribution in [0.1, 0.15) is 13.3 Å². The van der Waals surface area contributed by atoms with Crippen LogP contribution in [0.25, 0.3) is 0 Å². The molecule has 0 saturated heterocycles. The van der Waals surface area contributed by atoms with Crippen LogP contribution in [-0.4, -0.2) is 47.0 Å². The fraction of sp³-hybridized carbons (Fsp3) is 0.833. The maximum atomic E-state index is 10.4. The SMILES string of the molecule is CCSC1CC2C=CC1C(O)(O)C2(OC)OC. The van der Waals surface area contributed by atoms with Gasteiger partial charge in [0, 0.05) is 31.3 Å². The van der Waals surface area contributed by atoms with Crippen LogP contribution in [0.15, 0.2) is 12.2 Å². The molecule has 0 heterocycles. The van der Waals surface area contributed by atoms with E-state index >= 15 is 0 Å². The van der Waals surface area contributed by atoms with Crippen LogP contribution in [0, 0.1) is 11.8 Å². The van der Waals surface area contributed by atoms with Crippen LogP contribution in [-0.2, 0) is 9.47 Å². The van der Waals surface area contributed by atoms with Crippen molar-refractivity contribution >= 4 is 11.8 Å². The Labute approximate surface area is 106 Å². The molecule has 0 aromatic carbocycles. The van der Waals surface area contributed by atoms with E-state index in [0.717, 1.165) is 12.2 Å². The first-order valence-electron chi connectivity index (χ1n) is 5.88. The third-order valence-electron chi connectivity index (χ3n) is 3.89. The first-order valence-corrected chi connectivity index (χ1v) is 6.93. The Morgan fingerprint density at radius 2 is 1.94 bits per heavy atom. The number of hydrogen-bond donors (Lipinski definition) is 2. The monoisotopic (exact) mass is 260 g/mol. The standard InChI is InChI=1S/C12H20O4S/c1-4-17-10-7-8-5-6-9(10)11(13,14)12(8,15-2)16-3/h5-6,8-10,13-14H,4,7H2,1-3H3. The highest BCUT2D eigenvalue weighted by atomic mass is 32.2. The van der Waals surface area contributed by atoms with Gasteiger partial charge in [-0.1, -0.05) is 19.1 Å². The Kier molecular flexibility index (Phi) is 3.58. The molecule has 5 heteroatoms. The van der Waals surface area contributed by atoms with Crippen LogP contribution < -0.4 is 0 Å². The smallest absolute Gasteiger partial charge is 0.229 e. The Morgan fingerprint density at radius 1 is 1.29 bits per heavy atom. The first kappa shape index (κ1) is 13.4. The zero-order chi connectivity index (χ0) is 12.7. The molecule has 2 N–H and O–H groups in total. The van der Waals surface area contributed by atoms with Crippen molar-refractivity contribution in [1.82, 2.24) is 0 Å². The van der Waals surface area contributed by atoms with Gasteiger partial charge in [0.05, 0.1) is 0 Å². The average Bonchev–Trinajstić information content (AvgIpc) is 2.30. The zero-order valence-corrected chi connectivity index (χ0v) is 11.2. The third-order valence-corrected chi connectivity index (χ3v) is 5.14. The molecule has 98 valence electrons. The summed E-state index contributed by atoms with van der Waals surface area (Å²) in [6.07, 6.45) is 4.72. The highest BCUT2D eigenvalue weighted by Crippen LogP contribution is 2.53. The second-order valence-corrected chi connectivity index (χ2v) is 6.06. The van der Waals surface area contributed by atoms with Gasteiger partial charge in [-0.25, -0.2) is 0 Å². The number of aliphatic hydroxyl groups is 2.